The Morgan fingerprint density at radius 1 is 1.33 bits per heavy atom. The number of carbonyl (C=O) groups is 1. The summed E-state index contributed by atoms with van der Waals surface area (Å²) >= 11 is 1.40. The van der Waals surface area contributed by atoms with E-state index >= 15 is 0 Å². The van der Waals surface area contributed by atoms with Crippen molar-refractivity contribution < 1.29 is 4.79 Å². The van der Waals surface area contributed by atoms with E-state index in [0.29, 0.717) is 6.54 Å². The first-order valence-electron chi connectivity index (χ1n) is 5.96. The Morgan fingerprint density at radius 3 is 2.72 bits per heavy atom. The summed E-state index contributed by atoms with van der Waals surface area (Å²) in [5.41, 5.74) is 4.93. The predicted octanol–water partition coefficient (Wildman–Crippen LogP) is 2.94. The predicted molar refractivity (Wildman–Crippen MR) is 73.8 cm³/mol. The Labute approximate surface area is 111 Å². The zero-order valence-electron chi connectivity index (χ0n) is 10.6. The highest BCUT2D eigenvalue weighted by molar-refractivity contribution is 7.11. The van der Waals surface area contributed by atoms with E-state index in [-0.39, 0.29) is 5.91 Å². The van der Waals surface area contributed by atoms with Crippen LogP contribution in [0.25, 0.3) is 0 Å². The van der Waals surface area contributed by atoms with Gasteiger partial charge in [-0.1, -0.05) is 36.8 Å². The fourth-order valence-corrected chi connectivity index (χ4v) is 2.47. The number of hydrogen-bond donors (Lipinski definition) is 1. The van der Waals surface area contributed by atoms with Crippen LogP contribution in [0.3, 0.4) is 0 Å². The van der Waals surface area contributed by atoms with Gasteiger partial charge in [0, 0.05) is 6.54 Å². The maximum Gasteiger partial charge on any atom is 0.263 e. The fourth-order valence-electron chi connectivity index (χ4n) is 1.67. The Morgan fingerprint density at radius 2 is 2.06 bits per heavy atom. The molecule has 0 saturated carbocycles. The molecular weight excluding hydrogens is 244 g/mol. The van der Waals surface area contributed by atoms with Gasteiger partial charge in [-0.3, -0.25) is 4.79 Å². The topological polar surface area (TPSA) is 42.0 Å². The molecular formula is C14H16N2OS. The number of aryl methyl sites for hydroxylation is 2. The van der Waals surface area contributed by atoms with Gasteiger partial charge in [0.1, 0.15) is 4.88 Å². The number of aromatic nitrogens is 1. The van der Waals surface area contributed by atoms with E-state index in [0.717, 1.165) is 22.6 Å². The summed E-state index contributed by atoms with van der Waals surface area (Å²) in [4.78, 5) is 16.9. The molecule has 0 aliphatic carbocycles. The van der Waals surface area contributed by atoms with Gasteiger partial charge in [-0.2, -0.15) is 0 Å². The van der Waals surface area contributed by atoms with Gasteiger partial charge in [0.05, 0.1) is 11.2 Å². The number of nitrogens with zero attached hydrogens (tertiary/aromatic N) is 1. The third kappa shape index (κ3) is 2.96. The van der Waals surface area contributed by atoms with Gasteiger partial charge in [-0.25, -0.2) is 4.98 Å². The summed E-state index contributed by atoms with van der Waals surface area (Å²) in [7, 11) is 0. The monoisotopic (exact) mass is 260 g/mol. The van der Waals surface area contributed by atoms with Crippen LogP contribution in [0.2, 0.25) is 0 Å². The lowest BCUT2D eigenvalue weighted by molar-refractivity contribution is 0.0954. The summed E-state index contributed by atoms with van der Waals surface area (Å²) < 4.78 is 0. The highest BCUT2D eigenvalue weighted by Crippen LogP contribution is 2.14. The molecule has 2 aromatic rings. The van der Waals surface area contributed by atoms with Gasteiger partial charge >= 0.3 is 0 Å². The molecule has 1 aromatic carbocycles. The quantitative estimate of drug-likeness (QED) is 0.918. The largest absolute Gasteiger partial charge is 0.347 e. The van der Waals surface area contributed by atoms with Crippen LogP contribution in [-0.4, -0.2) is 10.9 Å². The molecule has 0 atom stereocenters. The molecule has 1 heterocycles. The molecule has 0 fully saturated rings. The summed E-state index contributed by atoms with van der Waals surface area (Å²) in [6, 6.07) is 8.16. The zero-order chi connectivity index (χ0) is 13.0. The van der Waals surface area contributed by atoms with Gasteiger partial charge < -0.3 is 5.32 Å². The van der Waals surface area contributed by atoms with Crippen molar-refractivity contribution >= 4 is 17.2 Å². The number of nitrogens with one attached hydrogen (secondary N) is 1. The van der Waals surface area contributed by atoms with Crippen molar-refractivity contribution in [1.82, 2.24) is 10.3 Å². The van der Waals surface area contributed by atoms with Gasteiger partial charge in [-0.05, 0) is 18.9 Å². The van der Waals surface area contributed by atoms with Gasteiger partial charge in [0.2, 0.25) is 0 Å². The fraction of sp³-hybridized carbons (Fsp3) is 0.286. The molecule has 2 rings (SSSR count). The van der Waals surface area contributed by atoms with E-state index in [2.05, 4.69) is 10.3 Å². The average molecular weight is 260 g/mol. The summed E-state index contributed by atoms with van der Waals surface area (Å²) in [6.07, 6.45) is 0.788. The number of thiazole rings is 1. The number of benzene rings is 1. The second-order valence-electron chi connectivity index (χ2n) is 4.15. The van der Waals surface area contributed by atoms with Crippen molar-refractivity contribution in [3.05, 3.63) is 51.5 Å². The van der Waals surface area contributed by atoms with Crippen molar-refractivity contribution in [2.75, 3.05) is 0 Å². The van der Waals surface area contributed by atoms with Crippen LogP contribution in [-0.2, 0) is 13.0 Å². The van der Waals surface area contributed by atoms with Crippen molar-refractivity contribution in [3.8, 4) is 0 Å². The molecule has 0 aliphatic heterocycles. The van der Waals surface area contributed by atoms with E-state index in [1.54, 1.807) is 5.51 Å². The molecule has 3 nitrogen and oxygen atoms in total. The Hall–Kier alpha value is -1.68. The first-order chi connectivity index (χ1) is 8.70. The van der Waals surface area contributed by atoms with Gasteiger partial charge in [0.15, 0.2) is 0 Å². The molecule has 1 amide bonds. The molecule has 94 valence electrons. The Bertz CT molecular complexity index is 531. The van der Waals surface area contributed by atoms with Crippen LogP contribution in [0, 0.1) is 6.92 Å². The van der Waals surface area contributed by atoms with Crippen LogP contribution in [0.15, 0.2) is 29.8 Å². The highest BCUT2D eigenvalue weighted by Gasteiger charge is 2.12. The van der Waals surface area contributed by atoms with E-state index in [4.69, 9.17) is 0 Å². The molecule has 0 aliphatic rings. The van der Waals surface area contributed by atoms with Crippen LogP contribution in [0.5, 0.6) is 0 Å². The van der Waals surface area contributed by atoms with Crippen molar-refractivity contribution in [2.24, 2.45) is 0 Å². The highest BCUT2D eigenvalue weighted by atomic mass is 32.1. The standard InChI is InChI=1S/C14H16N2OS/c1-3-12-13(18-9-16-12)14(17)15-8-11-6-4-10(2)5-7-11/h4-7,9H,3,8H2,1-2H3,(H,15,17). The normalized spacial score (nSPS) is 10.3. The lowest BCUT2D eigenvalue weighted by Crippen LogP contribution is -2.22. The number of rotatable bonds is 4. The molecule has 0 unspecified atom stereocenters. The van der Waals surface area contributed by atoms with Gasteiger partial charge in [0.25, 0.3) is 5.91 Å². The van der Waals surface area contributed by atoms with E-state index in [9.17, 15) is 4.79 Å². The number of amides is 1. The zero-order valence-corrected chi connectivity index (χ0v) is 11.4. The van der Waals surface area contributed by atoms with Crippen LogP contribution < -0.4 is 5.32 Å². The number of carbonyl (C=O) groups excluding carboxylic acids is 1. The second kappa shape index (κ2) is 5.78. The first kappa shape index (κ1) is 12.8. The van der Waals surface area contributed by atoms with Crippen molar-refractivity contribution in [2.45, 2.75) is 26.8 Å². The van der Waals surface area contributed by atoms with Crippen molar-refractivity contribution in [3.63, 3.8) is 0 Å². The molecule has 0 spiro atoms. The van der Waals surface area contributed by atoms with Crippen LogP contribution in [0.4, 0.5) is 0 Å². The van der Waals surface area contributed by atoms with E-state index in [1.807, 2.05) is 38.1 Å². The minimum absolute atomic E-state index is 0.0325. The summed E-state index contributed by atoms with van der Waals surface area (Å²) in [6.45, 7) is 4.61. The number of hydrogen-bond acceptors (Lipinski definition) is 3. The lowest BCUT2D eigenvalue weighted by Gasteiger charge is -2.05. The molecule has 4 heteroatoms. The van der Waals surface area contributed by atoms with E-state index < -0.39 is 0 Å². The Kier molecular flexibility index (Phi) is 4.10. The Balaban J connectivity index is 1.98. The minimum atomic E-state index is -0.0325. The molecule has 1 aromatic heterocycles. The van der Waals surface area contributed by atoms with Gasteiger partial charge in [-0.15, -0.1) is 11.3 Å². The van der Waals surface area contributed by atoms with Crippen molar-refractivity contribution in [1.29, 1.82) is 0 Å². The third-order valence-electron chi connectivity index (χ3n) is 2.76. The summed E-state index contributed by atoms with van der Waals surface area (Å²) in [5, 5.41) is 2.93. The second-order valence-corrected chi connectivity index (χ2v) is 5.00. The molecule has 0 saturated heterocycles. The van der Waals surface area contributed by atoms with Crippen LogP contribution >= 0.6 is 11.3 Å². The molecule has 18 heavy (non-hydrogen) atoms. The third-order valence-corrected chi connectivity index (χ3v) is 3.62. The average Bonchev–Trinajstić information content (AvgIpc) is 2.86. The molecule has 0 radical (unpaired) electrons. The smallest absolute Gasteiger partial charge is 0.263 e. The molecule has 1 N–H and O–H groups in total. The first-order valence-corrected chi connectivity index (χ1v) is 6.84. The van der Waals surface area contributed by atoms with E-state index in [1.165, 1.54) is 16.9 Å². The maximum atomic E-state index is 12.0. The van der Waals surface area contributed by atoms with Crippen LogP contribution in [0.1, 0.15) is 33.4 Å². The summed E-state index contributed by atoms with van der Waals surface area (Å²) in [5.74, 6) is -0.0325. The maximum absolute atomic E-state index is 12.0. The lowest BCUT2D eigenvalue weighted by atomic mass is 10.1. The molecule has 0 bridgehead atoms. The minimum Gasteiger partial charge on any atom is -0.347 e. The SMILES string of the molecule is CCc1ncsc1C(=O)NCc1ccc(C)cc1.